The van der Waals surface area contributed by atoms with Crippen molar-refractivity contribution in [3.63, 3.8) is 0 Å². The van der Waals surface area contributed by atoms with Gasteiger partial charge in [-0.2, -0.15) is 0 Å². The molecule has 0 saturated carbocycles. The third kappa shape index (κ3) is 4.34. The van der Waals surface area contributed by atoms with Crippen LogP contribution >= 0.6 is 34.5 Å². The van der Waals surface area contributed by atoms with Crippen LogP contribution in [0, 0.1) is 13.8 Å². The molecule has 0 saturated heterocycles. The van der Waals surface area contributed by atoms with Gasteiger partial charge in [-0.15, -0.1) is 0 Å². The summed E-state index contributed by atoms with van der Waals surface area (Å²) in [5.74, 6) is 0.799. The molecule has 2 aromatic carbocycles. The first-order valence-corrected chi connectivity index (χ1v) is 12.7. The molecule has 36 heavy (non-hydrogen) atoms. The van der Waals surface area contributed by atoms with Crippen molar-refractivity contribution in [2.24, 2.45) is 4.99 Å². The molecule has 0 radical (unpaired) electrons. The minimum atomic E-state index is -0.782. The number of nitrogens with one attached hydrogen (secondary N) is 1. The summed E-state index contributed by atoms with van der Waals surface area (Å²) >= 11 is 13.7. The minimum Gasteiger partial charge on any atom is -0.464 e. The molecule has 1 atom stereocenters. The highest BCUT2D eigenvalue weighted by atomic mass is 35.5. The van der Waals surface area contributed by atoms with Crippen molar-refractivity contribution in [3.8, 4) is 0 Å². The van der Waals surface area contributed by atoms with Crippen LogP contribution in [0.25, 0.3) is 6.08 Å². The van der Waals surface area contributed by atoms with Crippen LogP contribution in [0.3, 0.4) is 0 Å². The van der Waals surface area contributed by atoms with Gasteiger partial charge < -0.3 is 9.73 Å². The lowest BCUT2D eigenvalue weighted by Crippen LogP contribution is -2.40. The van der Waals surface area contributed by atoms with Crippen molar-refractivity contribution in [1.82, 2.24) is 4.57 Å². The number of amides is 1. The van der Waals surface area contributed by atoms with E-state index in [0.29, 0.717) is 53.4 Å². The summed E-state index contributed by atoms with van der Waals surface area (Å²) in [6, 6.07) is 15.6. The number of aromatic nitrogens is 1. The van der Waals surface area contributed by atoms with E-state index in [1.807, 2.05) is 44.2 Å². The molecule has 182 valence electrons. The fourth-order valence-corrected chi connectivity index (χ4v) is 5.56. The number of allylic oxidation sites excluding steroid dienone is 1. The van der Waals surface area contributed by atoms with Gasteiger partial charge in [0.15, 0.2) is 4.80 Å². The number of furan rings is 1. The molecule has 1 unspecified atom stereocenters. The summed E-state index contributed by atoms with van der Waals surface area (Å²) in [6.45, 7) is 5.50. The van der Waals surface area contributed by atoms with E-state index in [9.17, 15) is 9.59 Å². The summed E-state index contributed by atoms with van der Waals surface area (Å²) in [4.78, 5) is 32.4. The number of hydrogen-bond donors (Lipinski definition) is 1. The number of fused-ring (bicyclic) bond motifs is 1. The van der Waals surface area contributed by atoms with Gasteiger partial charge in [0.2, 0.25) is 0 Å². The molecule has 2 aromatic heterocycles. The number of benzene rings is 2. The number of hydrogen-bond acceptors (Lipinski definition) is 5. The van der Waals surface area contributed by atoms with Crippen molar-refractivity contribution in [3.05, 3.63) is 118 Å². The number of carbonyl (C=O) groups excluding carboxylic acids is 1. The molecule has 0 bridgehead atoms. The largest absolute Gasteiger partial charge is 0.464 e. The third-order valence-electron chi connectivity index (χ3n) is 5.96. The number of anilines is 1. The van der Waals surface area contributed by atoms with Crippen LogP contribution in [-0.4, -0.2) is 10.5 Å². The Balaban J connectivity index is 1.68. The Labute approximate surface area is 220 Å². The fourth-order valence-electron chi connectivity index (χ4n) is 4.16. The van der Waals surface area contributed by atoms with Gasteiger partial charge in [0.25, 0.3) is 11.5 Å². The maximum Gasteiger partial charge on any atom is 0.271 e. The normalized spacial score (nSPS) is 15.6. The van der Waals surface area contributed by atoms with Crippen molar-refractivity contribution in [2.45, 2.75) is 26.8 Å². The quantitative estimate of drug-likeness (QED) is 0.379. The average Bonchev–Trinajstić information content (AvgIpc) is 3.40. The number of halogens is 2. The van der Waals surface area contributed by atoms with Crippen LogP contribution in [0.5, 0.6) is 0 Å². The number of carbonyl (C=O) groups is 1. The van der Waals surface area contributed by atoms with E-state index in [1.54, 1.807) is 37.3 Å². The second-order valence-electron chi connectivity index (χ2n) is 8.44. The standard InChI is InChI=1S/C27H21Cl2N3O3S/c1-14-7-4-5-10-19(14)31-25(33)22-16(3)30-27-32(24(22)20-12-11-15(2)35-20)26(34)21(36-27)13-17-8-6-9-18(28)23(17)29/h4-13,24H,1-3H3,(H,31,33). The van der Waals surface area contributed by atoms with Crippen LogP contribution in [0.2, 0.25) is 10.0 Å². The summed E-state index contributed by atoms with van der Waals surface area (Å²) in [7, 11) is 0. The lowest BCUT2D eigenvalue weighted by atomic mass is 10.00. The Hall–Kier alpha value is -3.39. The van der Waals surface area contributed by atoms with Gasteiger partial charge in [-0.25, -0.2) is 4.99 Å². The number of rotatable bonds is 4. The Morgan fingerprint density at radius 2 is 1.86 bits per heavy atom. The summed E-state index contributed by atoms with van der Waals surface area (Å²) in [6.07, 6.45) is 1.69. The highest BCUT2D eigenvalue weighted by Gasteiger charge is 2.34. The van der Waals surface area contributed by atoms with Gasteiger partial charge in [-0.1, -0.05) is 64.9 Å². The van der Waals surface area contributed by atoms with E-state index < -0.39 is 6.04 Å². The molecule has 3 heterocycles. The molecule has 9 heteroatoms. The average molecular weight is 538 g/mol. The maximum absolute atomic E-state index is 13.7. The molecule has 1 amide bonds. The molecule has 0 fully saturated rings. The zero-order chi connectivity index (χ0) is 25.6. The predicted molar refractivity (Wildman–Crippen MR) is 143 cm³/mol. The van der Waals surface area contributed by atoms with Gasteiger partial charge in [0, 0.05) is 5.69 Å². The molecule has 1 aliphatic rings. The highest BCUT2D eigenvalue weighted by Crippen LogP contribution is 2.32. The van der Waals surface area contributed by atoms with E-state index in [4.69, 9.17) is 27.6 Å². The first-order valence-electron chi connectivity index (χ1n) is 11.1. The van der Waals surface area contributed by atoms with Crippen molar-refractivity contribution < 1.29 is 9.21 Å². The van der Waals surface area contributed by atoms with Crippen LogP contribution in [-0.2, 0) is 4.79 Å². The molecule has 4 aromatic rings. The first-order chi connectivity index (χ1) is 17.2. The summed E-state index contributed by atoms with van der Waals surface area (Å²) in [5, 5.41) is 3.73. The van der Waals surface area contributed by atoms with Crippen LogP contribution < -0.4 is 20.2 Å². The zero-order valence-electron chi connectivity index (χ0n) is 19.6. The maximum atomic E-state index is 13.7. The van der Waals surface area contributed by atoms with E-state index in [0.717, 1.165) is 5.56 Å². The fraction of sp³-hybridized carbons (Fsp3) is 0.148. The highest BCUT2D eigenvalue weighted by molar-refractivity contribution is 7.07. The minimum absolute atomic E-state index is 0.303. The zero-order valence-corrected chi connectivity index (χ0v) is 22.0. The molecule has 6 nitrogen and oxygen atoms in total. The molecule has 5 rings (SSSR count). The van der Waals surface area contributed by atoms with Gasteiger partial charge in [0.05, 0.1) is 25.8 Å². The van der Waals surface area contributed by atoms with Gasteiger partial charge >= 0.3 is 0 Å². The van der Waals surface area contributed by atoms with Crippen molar-refractivity contribution in [1.29, 1.82) is 0 Å². The van der Waals surface area contributed by atoms with E-state index in [2.05, 4.69) is 10.3 Å². The predicted octanol–water partition coefficient (Wildman–Crippen LogP) is 5.39. The van der Waals surface area contributed by atoms with Gasteiger partial charge in [-0.3, -0.25) is 14.2 Å². The molecular weight excluding hydrogens is 517 g/mol. The number of nitrogens with zero attached hydrogens (tertiary/aromatic N) is 2. The lowest BCUT2D eigenvalue weighted by Gasteiger charge is -2.23. The van der Waals surface area contributed by atoms with Crippen LogP contribution in [0.1, 0.15) is 35.6 Å². The smallest absolute Gasteiger partial charge is 0.271 e. The number of thiazole rings is 1. The van der Waals surface area contributed by atoms with Crippen molar-refractivity contribution in [2.75, 3.05) is 5.32 Å². The van der Waals surface area contributed by atoms with E-state index >= 15 is 0 Å². The van der Waals surface area contributed by atoms with Crippen LogP contribution in [0.15, 0.2) is 80.1 Å². The molecule has 1 aliphatic heterocycles. The van der Waals surface area contributed by atoms with E-state index in [-0.39, 0.29) is 11.5 Å². The second-order valence-corrected chi connectivity index (χ2v) is 10.2. The number of aryl methyl sites for hydroxylation is 2. The lowest BCUT2D eigenvalue weighted by molar-refractivity contribution is -0.113. The Bertz CT molecular complexity index is 1730. The third-order valence-corrected chi connectivity index (χ3v) is 7.77. The van der Waals surface area contributed by atoms with Crippen LogP contribution in [0.4, 0.5) is 5.69 Å². The molecule has 0 aliphatic carbocycles. The van der Waals surface area contributed by atoms with Crippen molar-refractivity contribution >= 4 is 52.2 Å². The Morgan fingerprint density at radius 3 is 2.58 bits per heavy atom. The number of para-hydroxylation sites is 1. The topological polar surface area (TPSA) is 76.6 Å². The SMILES string of the molecule is CC1=C(C(=O)Nc2ccccc2C)C(c2ccc(C)o2)n2c(sc(=Cc3cccc(Cl)c3Cl)c2=O)=N1. The Morgan fingerprint density at radius 1 is 1.08 bits per heavy atom. The summed E-state index contributed by atoms with van der Waals surface area (Å²) < 4.78 is 7.86. The second kappa shape index (κ2) is 9.58. The molecular formula is C27H21Cl2N3O3S. The monoisotopic (exact) mass is 537 g/mol. The molecule has 1 N–H and O–H groups in total. The summed E-state index contributed by atoms with van der Waals surface area (Å²) in [5.41, 5.74) is 2.77. The Kier molecular flexibility index (Phi) is 6.47. The van der Waals surface area contributed by atoms with Gasteiger partial charge in [-0.05, 0) is 62.2 Å². The molecule has 0 spiro atoms. The first kappa shape index (κ1) is 24.3. The van der Waals surface area contributed by atoms with E-state index in [1.165, 1.54) is 15.9 Å². The van der Waals surface area contributed by atoms with Gasteiger partial charge in [0.1, 0.15) is 17.6 Å².